The number of halogens is 1. The van der Waals surface area contributed by atoms with Gasteiger partial charge in [-0.2, -0.15) is 0 Å². The van der Waals surface area contributed by atoms with Crippen LogP contribution in [0.15, 0.2) is 27.8 Å². The predicted octanol–water partition coefficient (Wildman–Crippen LogP) is 2.06. The molecule has 1 unspecified atom stereocenters. The second-order valence-electron chi connectivity index (χ2n) is 6.41. The summed E-state index contributed by atoms with van der Waals surface area (Å²) in [6.45, 7) is 2.03. The molecule has 1 N–H and O–H groups in total. The number of nitrogens with one attached hydrogen (secondary N) is 1. The molecule has 27 heavy (non-hydrogen) atoms. The van der Waals surface area contributed by atoms with Gasteiger partial charge in [0.25, 0.3) is 5.56 Å². The van der Waals surface area contributed by atoms with Crippen molar-refractivity contribution in [3.8, 4) is 0 Å². The Morgan fingerprint density at radius 3 is 2.56 bits per heavy atom. The Morgan fingerprint density at radius 2 is 1.93 bits per heavy atom. The minimum absolute atomic E-state index is 0.0828. The van der Waals surface area contributed by atoms with Crippen LogP contribution in [0.5, 0.6) is 0 Å². The summed E-state index contributed by atoms with van der Waals surface area (Å²) in [6.07, 6.45) is 0.853. The van der Waals surface area contributed by atoms with Crippen LogP contribution in [0.25, 0.3) is 0 Å². The Balaban J connectivity index is 1.77. The third kappa shape index (κ3) is 3.39. The molecule has 9 heteroatoms. The zero-order valence-electron chi connectivity index (χ0n) is 15.6. The summed E-state index contributed by atoms with van der Waals surface area (Å²) in [4.78, 5) is 38.9. The second-order valence-corrected chi connectivity index (χ2v) is 7.89. The quantitative estimate of drug-likeness (QED) is 0.763. The van der Waals surface area contributed by atoms with E-state index >= 15 is 0 Å². The van der Waals surface area contributed by atoms with Gasteiger partial charge in [-0.3, -0.25) is 18.7 Å². The maximum absolute atomic E-state index is 12.6. The first-order chi connectivity index (χ1) is 12.8. The van der Waals surface area contributed by atoms with Gasteiger partial charge >= 0.3 is 5.69 Å². The van der Waals surface area contributed by atoms with E-state index < -0.39 is 5.69 Å². The highest BCUT2D eigenvalue weighted by Gasteiger charge is 2.32. The smallest absolute Gasteiger partial charge is 0.332 e. The normalized spacial score (nSPS) is 15.6. The van der Waals surface area contributed by atoms with Crippen LogP contribution < -0.4 is 21.5 Å². The van der Waals surface area contributed by atoms with E-state index in [4.69, 9.17) is 11.6 Å². The van der Waals surface area contributed by atoms with E-state index in [0.717, 1.165) is 16.6 Å². The number of thioether (sulfide) groups is 1. The standard InChI is InChI=1S/C18H21ClN4O3S/c1-5-10-6-7-11(12(19)8-10)13(24)9-27-17-20-14-15(21(17)2)22(3)18(26)23(4)16(14)25/h6-8,17,20H,5,9H2,1-4H3. The van der Waals surface area contributed by atoms with E-state index in [1.165, 1.54) is 23.4 Å². The highest BCUT2D eigenvalue weighted by atomic mass is 35.5. The van der Waals surface area contributed by atoms with Crippen molar-refractivity contribution in [1.29, 1.82) is 0 Å². The third-order valence-electron chi connectivity index (χ3n) is 4.70. The zero-order chi connectivity index (χ0) is 19.9. The fraction of sp³-hybridized carbons (Fsp3) is 0.389. The highest BCUT2D eigenvalue weighted by molar-refractivity contribution is 8.00. The number of benzene rings is 1. The molecule has 0 saturated carbocycles. The Kier molecular flexibility index (Phi) is 5.39. The number of aryl methyl sites for hydroxylation is 1. The van der Waals surface area contributed by atoms with Gasteiger partial charge in [-0.25, -0.2) is 4.79 Å². The number of carbonyl (C=O) groups excluding carboxylic acids is 1. The molecule has 2 heterocycles. The average Bonchev–Trinajstić information content (AvgIpc) is 2.99. The van der Waals surface area contributed by atoms with E-state index in [2.05, 4.69) is 5.32 Å². The first-order valence-electron chi connectivity index (χ1n) is 8.48. The van der Waals surface area contributed by atoms with Gasteiger partial charge in [-0.1, -0.05) is 24.6 Å². The number of anilines is 2. The van der Waals surface area contributed by atoms with Crippen LogP contribution in [0, 0.1) is 0 Å². The number of nitrogens with zero attached hydrogens (tertiary/aromatic N) is 3. The number of fused-ring (bicyclic) bond motifs is 1. The fourth-order valence-corrected chi connectivity index (χ4v) is 4.39. The summed E-state index contributed by atoms with van der Waals surface area (Å²) in [7, 11) is 4.84. The summed E-state index contributed by atoms with van der Waals surface area (Å²) >= 11 is 7.58. The van der Waals surface area contributed by atoms with E-state index in [9.17, 15) is 14.4 Å². The molecule has 0 spiro atoms. The lowest BCUT2D eigenvalue weighted by Crippen LogP contribution is -2.38. The summed E-state index contributed by atoms with van der Waals surface area (Å²) < 4.78 is 2.49. The molecule has 1 aliphatic rings. The SMILES string of the molecule is CCc1ccc(C(=O)CSC2Nc3c(n(C)c(=O)n(C)c3=O)N2C)c(Cl)c1. The first-order valence-corrected chi connectivity index (χ1v) is 9.91. The third-order valence-corrected chi connectivity index (χ3v) is 6.19. The molecule has 1 aromatic heterocycles. The number of aromatic nitrogens is 2. The lowest BCUT2D eigenvalue weighted by atomic mass is 10.1. The minimum atomic E-state index is -0.392. The number of Topliss-reactive ketones (excluding diaryl/α,β-unsaturated/α-hetero) is 1. The molecule has 7 nitrogen and oxygen atoms in total. The Bertz CT molecular complexity index is 1030. The van der Waals surface area contributed by atoms with Crippen molar-refractivity contribution in [2.45, 2.75) is 18.8 Å². The second kappa shape index (κ2) is 7.44. The number of hydrogen-bond donors (Lipinski definition) is 1. The summed E-state index contributed by atoms with van der Waals surface area (Å²) in [6, 6.07) is 5.47. The summed E-state index contributed by atoms with van der Waals surface area (Å²) in [5.74, 6) is 0.620. The molecular weight excluding hydrogens is 388 g/mol. The van der Waals surface area contributed by atoms with Crippen LogP contribution in [0.4, 0.5) is 11.5 Å². The molecule has 0 saturated heterocycles. The number of hydrogen-bond acceptors (Lipinski definition) is 6. The van der Waals surface area contributed by atoms with Crippen molar-refractivity contribution in [2.75, 3.05) is 23.0 Å². The first kappa shape index (κ1) is 19.6. The fourth-order valence-electron chi connectivity index (χ4n) is 3.09. The van der Waals surface area contributed by atoms with Crippen LogP contribution in [-0.2, 0) is 20.5 Å². The predicted molar refractivity (Wildman–Crippen MR) is 110 cm³/mol. The van der Waals surface area contributed by atoms with E-state index in [0.29, 0.717) is 22.1 Å². The zero-order valence-corrected chi connectivity index (χ0v) is 17.1. The summed E-state index contributed by atoms with van der Waals surface area (Å²) in [5, 5.41) is 3.56. The average molecular weight is 409 g/mol. The maximum Gasteiger partial charge on any atom is 0.332 e. The van der Waals surface area contributed by atoms with Crippen LogP contribution >= 0.6 is 23.4 Å². The van der Waals surface area contributed by atoms with Crippen LogP contribution in [-0.4, -0.2) is 33.2 Å². The molecule has 144 valence electrons. The monoisotopic (exact) mass is 408 g/mol. The van der Waals surface area contributed by atoms with Gasteiger partial charge in [-0.15, -0.1) is 11.8 Å². The summed E-state index contributed by atoms with van der Waals surface area (Å²) in [5.41, 5.74) is 0.816. The molecule has 2 aromatic rings. The molecule has 0 radical (unpaired) electrons. The van der Waals surface area contributed by atoms with Crippen LogP contribution in [0.3, 0.4) is 0 Å². The van der Waals surface area contributed by atoms with Gasteiger partial charge < -0.3 is 10.2 Å². The molecule has 1 atom stereocenters. The molecule has 0 bridgehead atoms. The highest BCUT2D eigenvalue weighted by Crippen LogP contribution is 2.33. The minimum Gasteiger partial charge on any atom is -0.349 e. The Labute approximate surface area is 165 Å². The van der Waals surface area contributed by atoms with Gasteiger partial charge in [-0.05, 0) is 24.1 Å². The van der Waals surface area contributed by atoms with Gasteiger partial charge in [0, 0.05) is 26.7 Å². The van der Waals surface area contributed by atoms with Crippen molar-refractivity contribution >= 4 is 40.7 Å². The van der Waals surface area contributed by atoms with E-state index in [1.807, 2.05) is 19.1 Å². The van der Waals surface area contributed by atoms with Gasteiger partial charge in [0.05, 0.1) is 10.8 Å². The van der Waals surface area contributed by atoms with Gasteiger partial charge in [0.15, 0.2) is 5.78 Å². The Morgan fingerprint density at radius 1 is 1.22 bits per heavy atom. The number of carbonyl (C=O) groups is 1. The molecule has 1 aromatic carbocycles. The lowest BCUT2D eigenvalue weighted by molar-refractivity contribution is 0.102. The number of rotatable bonds is 5. The Hall–Kier alpha value is -2.19. The molecule has 0 fully saturated rings. The lowest BCUT2D eigenvalue weighted by Gasteiger charge is -2.22. The molecule has 0 amide bonds. The van der Waals surface area contributed by atoms with Crippen molar-refractivity contribution in [1.82, 2.24) is 9.13 Å². The van der Waals surface area contributed by atoms with Crippen molar-refractivity contribution < 1.29 is 4.79 Å². The topological polar surface area (TPSA) is 76.3 Å². The number of ketones is 1. The van der Waals surface area contributed by atoms with Crippen LogP contribution in [0.2, 0.25) is 5.02 Å². The largest absolute Gasteiger partial charge is 0.349 e. The molecular formula is C18H21ClN4O3S. The van der Waals surface area contributed by atoms with Crippen molar-refractivity contribution in [3.05, 3.63) is 55.2 Å². The van der Waals surface area contributed by atoms with Gasteiger partial charge in [0.1, 0.15) is 17.0 Å². The van der Waals surface area contributed by atoms with Crippen molar-refractivity contribution in [3.63, 3.8) is 0 Å². The van der Waals surface area contributed by atoms with E-state index in [1.54, 1.807) is 25.1 Å². The molecule has 3 rings (SSSR count). The van der Waals surface area contributed by atoms with E-state index in [-0.39, 0.29) is 22.6 Å². The van der Waals surface area contributed by atoms with Gasteiger partial charge in [0.2, 0.25) is 0 Å². The molecule has 1 aliphatic heterocycles. The van der Waals surface area contributed by atoms with Crippen LogP contribution in [0.1, 0.15) is 22.8 Å². The maximum atomic E-state index is 12.6. The molecule has 0 aliphatic carbocycles. The van der Waals surface area contributed by atoms with Crippen molar-refractivity contribution in [2.24, 2.45) is 14.1 Å².